The molecule has 7 heteroatoms. The van der Waals surface area contributed by atoms with Crippen molar-refractivity contribution in [2.24, 2.45) is 7.05 Å². The highest BCUT2D eigenvalue weighted by molar-refractivity contribution is 8.00. The molecule has 4 rings (SSSR count). The van der Waals surface area contributed by atoms with Gasteiger partial charge in [0.15, 0.2) is 11.5 Å². The first-order chi connectivity index (χ1) is 13.6. The van der Waals surface area contributed by atoms with Crippen LogP contribution < -0.4 is 14.8 Å². The molecule has 2 aromatic rings. The minimum absolute atomic E-state index is 0.00275. The number of nitrogens with zero attached hydrogens (tertiary/aromatic N) is 2. The molecule has 1 saturated carbocycles. The highest BCUT2D eigenvalue weighted by Crippen LogP contribution is 2.45. The molecule has 1 unspecified atom stereocenters. The molecule has 2 heterocycles. The summed E-state index contributed by atoms with van der Waals surface area (Å²) in [6.45, 7) is 4.56. The van der Waals surface area contributed by atoms with Gasteiger partial charge in [0.2, 0.25) is 5.91 Å². The van der Waals surface area contributed by atoms with E-state index < -0.39 is 0 Å². The van der Waals surface area contributed by atoms with E-state index in [2.05, 4.69) is 22.5 Å². The number of hydrogen-bond acceptors (Lipinski definition) is 5. The Morgan fingerprint density at radius 2 is 2.07 bits per heavy atom. The number of fused-ring (bicyclic) bond motifs is 1. The number of anilines is 1. The Bertz CT molecular complexity index is 874. The summed E-state index contributed by atoms with van der Waals surface area (Å²) in [5, 5.41) is 7.53. The lowest BCUT2D eigenvalue weighted by molar-refractivity contribution is -0.113. The summed E-state index contributed by atoms with van der Waals surface area (Å²) < 4.78 is 13.9. The first kappa shape index (κ1) is 19.2. The van der Waals surface area contributed by atoms with E-state index in [-0.39, 0.29) is 17.3 Å². The summed E-state index contributed by atoms with van der Waals surface area (Å²) in [5.74, 6) is 2.78. The summed E-state index contributed by atoms with van der Waals surface area (Å²) in [6.07, 6.45) is 4.96. The van der Waals surface area contributed by atoms with Gasteiger partial charge in [-0.05, 0) is 57.2 Å². The number of aryl methyl sites for hydroxylation is 2. The van der Waals surface area contributed by atoms with Crippen molar-refractivity contribution in [1.29, 1.82) is 0 Å². The van der Waals surface area contributed by atoms with Gasteiger partial charge in [-0.1, -0.05) is 6.07 Å². The monoisotopic (exact) mass is 401 g/mol. The summed E-state index contributed by atoms with van der Waals surface area (Å²) >= 11 is 1.62. The van der Waals surface area contributed by atoms with Crippen molar-refractivity contribution in [3.8, 4) is 11.5 Å². The first-order valence-corrected chi connectivity index (χ1v) is 11.0. The number of carbonyl (C=O) groups excluding carboxylic acids is 1. The number of rotatable bonds is 5. The third kappa shape index (κ3) is 3.72. The SMILES string of the molecule is CCOc1cc(C2SCC(=O)Nc3c2c(C)nn3C)ccc1OC1CCCC1. The fourth-order valence-corrected chi connectivity index (χ4v) is 5.23. The van der Waals surface area contributed by atoms with Gasteiger partial charge in [-0.15, -0.1) is 11.8 Å². The lowest BCUT2D eigenvalue weighted by Crippen LogP contribution is -2.15. The molecule has 1 aromatic heterocycles. The Kier molecular flexibility index (Phi) is 5.53. The second kappa shape index (κ2) is 8.07. The molecule has 1 N–H and O–H groups in total. The van der Waals surface area contributed by atoms with Gasteiger partial charge >= 0.3 is 0 Å². The quantitative estimate of drug-likeness (QED) is 0.812. The molecule has 1 aliphatic carbocycles. The first-order valence-electron chi connectivity index (χ1n) is 9.95. The number of aromatic nitrogens is 2. The highest BCUT2D eigenvalue weighted by Gasteiger charge is 2.30. The Morgan fingerprint density at radius 3 is 2.82 bits per heavy atom. The molecule has 6 nitrogen and oxygen atoms in total. The van der Waals surface area contributed by atoms with Gasteiger partial charge in [-0.2, -0.15) is 5.10 Å². The van der Waals surface area contributed by atoms with Crippen LogP contribution in [0.2, 0.25) is 0 Å². The lowest BCUT2D eigenvalue weighted by atomic mass is 10.0. The molecule has 0 spiro atoms. The van der Waals surface area contributed by atoms with E-state index in [0.717, 1.165) is 47.0 Å². The summed E-state index contributed by atoms with van der Waals surface area (Å²) in [5.41, 5.74) is 3.09. The van der Waals surface area contributed by atoms with Crippen LogP contribution in [0.5, 0.6) is 11.5 Å². The molecular formula is C21H27N3O3S. The minimum atomic E-state index is 0.00275. The molecule has 1 atom stereocenters. The summed E-state index contributed by atoms with van der Waals surface area (Å²) in [4.78, 5) is 12.2. The van der Waals surface area contributed by atoms with Crippen LogP contribution in [0.25, 0.3) is 0 Å². The van der Waals surface area contributed by atoms with Crippen LogP contribution in [0.1, 0.15) is 54.7 Å². The zero-order valence-electron chi connectivity index (χ0n) is 16.7. The summed E-state index contributed by atoms with van der Waals surface area (Å²) in [6, 6.07) is 6.18. The third-order valence-electron chi connectivity index (χ3n) is 5.34. The van der Waals surface area contributed by atoms with Gasteiger partial charge in [0.1, 0.15) is 5.82 Å². The van der Waals surface area contributed by atoms with E-state index in [1.54, 1.807) is 16.4 Å². The Balaban J connectivity index is 1.70. The second-order valence-corrected chi connectivity index (χ2v) is 8.47. The van der Waals surface area contributed by atoms with Crippen molar-refractivity contribution in [3.05, 3.63) is 35.0 Å². The molecular weight excluding hydrogens is 374 g/mol. The topological polar surface area (TPSA) is 65.4 Å². The van der Waals surface area contributed by atoms with Crippen LogP contribution >= 0.6 is 11.8 Å². The molecule has 28 heavy (non-hydrogen) atoms. The highest BCUT2D eigenvalue weighted by atomic mass is 32.2. The molecule has 0 saturated heterocycles. The van der Waals surface area contributed by atoms with Crippen LogP contribution in [-0.2, 0) is 11.8 Å². The Morgan fingerprint density at radius 1 is 1.29 bits per heavy atom. The van der Waals surface area contributed by atoms with E-state index >= 15 is 0 Å². The number of carbonyl (C=O) groups is 1. The standard InChI is InChI=1S/C21H27N3O3S/c1-4-26-17-11-14(9-10-16(17)27-15-7-5-6-8-15)20-19-13(2)23-24(3)21(19)22-18(25)12-28-20/h9-11,15,20H,4-8,12H2,1-3H3,(H,22,25). The zero-order chi connectivity index (χ0) is 19.7. The predicted molar refractivity (Wildman–Crippen MR) is 111 cm³/mol. The van der Waals surface area contributed by atoms with E-state index in [1.165, 1.54) is 12.8 Å². The van der Waals surface area contributed by atoms with Crippen LogP contribution in [0, 0.1) is 6.92 Å². The molecule has 1 aromatic carbocycles. The van der Waals surface area contributed by atoms with Crippen molar-refractivity contribution in [1.82, 2.24) is 9.78 Å². The molecule has 1 amide bonds. The van der Waals surface area contributed by atoms with E-state index in [1.807, 2.05) is 27.0 Å². The Labute approximate surface area is 170 Å². The number of hydrogen-bond donors (Lipinski definition) is 1. The van der Waals surface area contributed by atoms with Gasteiger partial charge in [-0.3, -0.25) is 9.48 Å². The number of ether oxygens (including phenoxy) is 2. The maximum atomic E-state index is 12.2. The largest absolute Gasteiger partial charge is 0.490 e. The molecule has 1 aliphatic heterocycles. The minimum Gasteiger partial charge on any atom is -0.490 e. The average molecular weight is 402 g/mol. The van der Waals surface area contributed by atoms with Gasteiger partial charge in [0.25, 0.3) is 0 Å². The second-order valence-electron chi connectivity index (χ2n) is 7.37. The van der Waals surface area contributed by atoms with Crippen LogP contribution in [-0.4, -0.2) is 34.2 Å². The van der Waals surface area contributed by atoms with Crippen molar-refractivity contribution in [3.63, 3.8) is 0 Å². The molecule has 0 radical (unpaired) electrons. The summed E-state index contributed by atoms with van der Waals surface area (Å²) in [7, 11) is 1.86. The van der Waals surface area contributed by atoms with E-state index in [0.29, 0.717) is 12.4 Å². The van der Waals surface area contributed by atoms with Gasteiger partial charge < -0.3 is 14.8 Å². The third-order valence-corrected chi connectivity index (χ3v) is 6.61. The zero-order valence-corrected chi connectivity index (χ0v) is 17.5. The fourth-order valence-electron chi connectivity index (χ4n) is 4.05. The number of nitrogens with one attached hydrogen (secondary N) is 1. The van der Waals surface area contributed by atoms with Crippen LogP contribution in [0.4, 0.5) is 5.82 Å². The smallest absolute Gasteiger partial charge is 0.235 e. The lowest BCUT2D eigenvalue weighted by Gasteiger charge is -2.20. The van der Waals surface area contributed by atoms with Crippen molar-refractivity contribution >= 4 is 23.5 Å². The van der Waals surface area contributed by atoms with Crippen molar-refractivity contribution in [2.45, 2.75) is 50.9 Å². The van der Waals surface area contributed by atoms with Crippen LogP contribution in [0.3, 0.4) is 0 Å². The number of amides is 1. The van der Waals surface area contributed by atoms with Crippen LogP contribution in [0.15, 0.2) is 18.2 Å². The van der Waals surface area contributed by atoms with Crippen molar-refractivity contribution < 1.29 is 14.3 Å². The van der Waals surface area contributed by atoms with Gasteiger partial charge in [0, 0.05) is 12.6 Å². The number of thioether (sulfide) groups is 1. The van der Waals surface area contributed by atoms with Gasteiger partial charge in [-0.25, -0.2) is 0 Å². The molecule has 1 fully saturated rings. The maximum absolute atomic E-state index is 12.2. The molecule has 150 valence electrons. The fraction of sp³-hybridized carbons (Fsp3) is 0.524. The van der Waals surface area contributed by atoms with Gasteiger partial charge in [0.05, 0.1) is 29.4 Å². The Hall–Kier alpha value is -2.15. The molecule has 2 aliphatic rings. The molecule has 0 bridgehead atoms. The maximum Gasteiger partial charge on any atom is 0.235 e. The van der Waals surface area contributed by atoms with E-state index in [4.69, 9.17) is 9.47 Å². The van der Waals surface area contributed by atoms with E-state index in [9.17, 15) is 4.79 Å². The van der Waals surface area contributed by atoms with Crippen molar-refractivity contribution in [2.75, 3.05) is 17.7 Å². The average Bonchev–Trinajstić information content (AvgIpc) is 3.21. The predicted octanol–water partition coefficient (Wildman–Crippen LogP) is 4.22. The number of benzene rings is 1. The normalized spacial score (nSPS) is 19.8.